The Kier molecular flexibility index (Phi) is 3.81. The van der Waals surface area contributed by atoms with Crippen molar-refractivity contribution in [2.24, 2.45) is 5.73 Å². The van der Waals surface area contributed by atoms with Crippen LogP contribution < -0.4 is 5.73 Å². The quantitative estimate of drug-likeness (QED) is 0.913. The molecule has 0 saturated heterocycles. The summed E-state index contributed by atoms with van der Waals surface area (Å²) >= 11 is 0. The van der Waals surface area contributed by atoms with Crippen LogP contribution >= 0.6 is 0 Å². The molecule has 0 aliphatic heterocycles. The fourth-order valence-electron chi connectivity index (χ4n) is 1.90. The summed E-state index contributed by atoms with van der Waals surface area (Å²) in [6.45, 7) is 7.51. The molecule has 0 aliphatic carbocycles. The predicted molar refractivity (Wildman–Crippen MR) is 78.6 cm³/mol. The number of hydrogen-bond acceptors (Lipinski definition) is 4. The molecule has 2 aromatic rings. The van der Waals surface area contributed by atoms with Crippen LogP contribution in [0.25, 0.3) is 11.0 Å². The first-order valence-corrected chi connectivity index (χ1v) is 6.79. The third-order valence-corrected chi connectivity index (χ3v) is 2.97. The SMILES string of the molecule is CC[C@@H](N)c1ccc2ccn(C(=O)OC(C)(C)C)c2n1. The van der Waals surface area contributed by atoms with E-state index >= 15 is 0 Å². The topological polar surface area (TPSA) is 70.1 Å². The second-order valence-corrected chi connectivity index (χ2v) is 5.83. The Morgan fingerprint density at radius 1 is 1.40 bits per heavy atom. The molecule has 5 heteroatoms. The van der Waals surface area contributed by atoms with Gasteiger partial charge in [-0.2, -0.15) is 0 Å². The van der Waals surface area contributed by atoms with Crippen LogP contribution in [0.5, 0.6) is 0 Å². The number of nitrogens with zero attached hydrogens (tertiary/aromatic N) is 2. The molecule has 2 N–H and O–H groups in total. The second-order valence-electron chi connectivity index (χ2n) is 5.83. The van der Waals surface area contributed by atoms with Gasteiger partial charge in [-0.3, -0.25) is 0 Å². The van der Waals surface area contributed by atoms with Gasteiger partial charge < -0.3 is 10.5 Å². The maximum absolute atomic E-state index is 12.2. The summed E-state index contributed by atoms with van der Waals surface area (Å²) in [5, 5.41) is 0.892. The Bertz CT molecular complexity index is 626. The minimum Gasteiger partial charge on any atom is -0.443 e. The van der Waals surface area contributed by atoms with Gasteiger partial charge in [0.2, 0.25) is 0 Å². The normalized spacial score (nSPS) is 13.4. The fourth-order valence-corrected chi connectivity index (χ4v) is 1.90. The van der Waals surface area contributed by atoms with Crippen molar-refractivity contribution < 1.29 is 9.53 Å². The summed E-state index contributed by atoms with van der Waals surface area (Å²) in [6.07, 6.45) is 2.04. The summed E-state index contributed by atoms with van der Waals surface area (Å²) in [5.41, 5.74) is 6.82. The predicted octanol–water partition coefficient (Wildman–Crippen LogP) is 3.23. The van der Waals surface area contributed by atoms with E-state index in [1.807, 2.05) is 45.9 Å². The molecule has 0 fully saturated rings. The van der Waals surface area contributed by atoms with Crippen molar-refractivity contribution in [2.45, 2.75) is 45.8 Å². The van der Waals surface area contributed by atoms with Gasteiger partial charge in [0, 0.05) is 17.6 Å². The highest BCUT2D eigenvalue weighted by atomic mass is 16.6. The first kappa shape index (κ1) is 14.5. The number of aromatic nitrogens is 2. The minimum atomic E-state index is -0.537. The van der Waals surface area contributed by atoms with E-state index in [2.05, 4.69) is 4.98 Å². The third-order valence-electron chi connectivity index (χ3n) is 2.97. The van der Waals surface area contributed by atoms with E-state index < -0.39 is 11.7 Å². The highest BCUT2D eigenvalue weighted by molar-refractivity contribution is 5.87. The van der Waals surface area contributed by atoms with Crippen molar-refractivity contribution in [3.05, 3.63) is 30.1 Å². The van der Waals surface area contributed by atoms with E-state index in [9.17, 15) is 4.79 Å². The number of carbonyl (C=O) groups excluding carboxylic acids is 1. The Morgan fingerprint density at radius 2 is 2.10 bits per heavy atom. The molecule has 20 heavy (non-hydrogen) atoms. The molecule has 0 saturated carbocycles. The molecule has 0 aliphatic rings. The average molecular weight is 275 g/mol. The molecule has 0 amide bonds. The number of nitrogens with two attached hydrogens (primary N) is 1. The van der Waals surface area contributed by atoms with Gasteiger partial charge >= 0.3 is 6.09 Å². The van der Waals surface area contributed by atoms with E-state index in [-0.39, 0.29) is 6.04 Å². The van der Waals surface area contributed by atoms with Crippen LogP contribution in [0, 0.1) is 0 Å². The van der Waals surface area contributed by atoms with Crippen LogP contribution in [-0.2, 0) is 4.74 Å². The van der Waals surface area contributed by atoms with Crippen molar-refractivity contribution in [2.75, 3.05) is 0 Å². The van der Waals surface area contributed by atoms with Crippen LogP contribution in [0.3, 0.4) is 0 Å². The summed E-state index contributed by atoms with van der Waals surface area (Å²) in [5.74, 6) is 0. The summed E-state index contributed by atoms with van der Waals surface area (Å²) in [6, 6.07) is 5.54. The number of hydrogen-bond donors (Lipinski definition) is 1. The summed E-state index contributed by atoms with van der Waals surface area (Å²) < 4.78 is 6.79. The van der Waals surface area contributed by atoms with Gasteiger partial charge in [-0.25, -0.2) is 14.3 Å². The zero-order valence-corrected chi connectivity index (χ0v) is 12.4. The van der Waals surface area contributed by atoms with Crippen molar-refractivity contribution in [1.29, 1.82) is 0 Å². The molecule has 0 bridgehead atoms. The van der Waals surface area contributed by atoms with Crippen LogP contribution in [0.15, 0.2) is 24.4 Å². The molecule has 2 rings (SSSR count). The molecular formula is C15H21N3O2. The van der Waals surface area contributed by atoms with E-state index in [4.69, 9.17) is 10.5 Å². The van der Waals surface area contributed by atoms with Gasteiger partial charge in [0.25, 0.3) is 0 Å². The lowest BCUT2D eigenvalue weighted by atomic mass is 10.1. The Hall–Kier alpha value is -1.88. The van der Waals surface area contributed by atoms with E-state index in [1.54, 1.807) is 6.20 Å². The van der Waals surface area contributed by atoms with Gasteiger partial charge in [0.1, 0.15) is 11.2 Å². The number of fused-ring (bicyclic) bond motifs is 1. The average Bonchev–Trinajstić information content (AvgIpc) is 2.78. The second kappa shape index (κ2) is 5.25. The largest absolute Gasteiger partial charge is 0.443 e. The molecule has 5 nitrogen and oxygen atoms in total. The standard InChI is InChI=1S/C15H21N3O2/c1-5-11(16)12-7-6-10-8-9-18(13(10)17-12)14(19)20-15(2,3)4/h6-9,11H,5,16H2,1-4H3/t11-/m1/s1. The molecule has 1 atom stereocenters. The van der Waals surface area contributed by atoms with Crippen LogP contribution in [-0.4, -0.2) is 21.2 Å². The molecule has 0 aromatic carbocycles. The van der Waals surface area contributed by atoms with Crippen LogP contribution in [0.1, 0.15) is 45.9 Å². The van der Waals surface area contributed by atoms with Gasteiger partial charge in [-0.1, -0.05) is 6.92 Å². The van der Waals surface area contributed by atoms with Crippen LogP contribution in [0.2, 0.25) is 0 Å². The maximum atomic E-state index is 12.2. The molecule has 108 valence electrons. The Labute approximate surface area is 118 Å². The lowest BCUT2D eigenvalue weighted by Gasteiger charge is -2.19. The molecule has 0 radical (unpaired) electrons. The molecule has 2 heterocycles. The smallest absolute Gasteiger partial charge is 0.420 e. The molecule has 0 unspecified atom stereocenters. The zero-order chi connectivity index (χ0) is 14.9. The lowest BCUT2D eigenvalue weighted by Crippen LogP contribution is -2.27. The van der Waals surface area contributed by atoms with Gasteiger partial charge in [-0.15, -0.1) is 0 Å². The number of rotatable bonds is 2. The number of ether oxygens (including phenoxy) is 1. The van der Waals surface area contributed by atoms with Crippen LogP contribution in [0.4, 0.5) is 4.79 Å². The molecular weight excluding hydrogens is 254 g/mol. The monoisotopic (exact) mass is 275 g/mol. The zero-order valence-electron chi connectivity index (χ0n) is 12.4. The molecule has 2 aromatic heterocycles. The highest BCUT2D eigenvalue weighted by Gasteiger charge is 2.20. The van der Waals surface area contributed by atoms with Gasteiger partial charge in [0.15, 0.2) is 0 Å². The van der Waals surface area contributed by atoms with Gasteiger partial charge in [-0.05, 0) is 45.4 Å². The maximum Gasteiger partial charge on any atom is 0.420 e. The Morgan fingerprint density at radius 3 is 2.70 bits per heavy atom. The molecule has 0 spiro atoms. The summed E-state index contributed by atoms with van der Waals surface area (Å²) in [4.78, 5) is 16.6. The first-order chi connectivity index (χ1) is 9.31. The van der Waals surface area contributed by atoms with Crippen molar-refractivity contribution >= 4 is 17.1 Å². The lowest BCUT2D eigenvalue weighted by molar-refractivity contribution is 0.0543. The number of carbonyl (C=O) groups is 1. The first-order valence-electron chi connectivity index (χ1n) is 6.79. The van der Waals surface area contributed by atoms with E-state index in [1.165, 1.54) is 4.57 Å². The van der Waals surface area contributed by atoms with Crippen molar-refractivity contribution in [3.63, 3.8) is 0 Å². The van der Waals surface area contributed by atoms with E-state index in [0.29, 0.717) is 5.65 Å². The third kappa shape index (κ3) is 2.99. The van der Waals surface area contributed by atoms with Crippen molar-refractivity contribution in [3.8, 4) is 0 Å². The minimum absolute atomic E-state index is 0.124. The van der Waals surface area contributed by atoms with Crippen molar-refractivity contribution in [1.82, 2.24) is 9.55 Å². The highest BCUT2D eigenvalue weighted by Crippen LogP contribution is 2.20. The Balaban J connectivity index is 2.41. The fraction of sp³-hybridized carbons (Fsp3) is 0.467. The van der Waals surface area contributed by atoms with E-state index in [0.717, 1.165) is 17.5 Å². The number of pyridine rings is 1. The summed E-state index contributed by atoms with van der Waals surface area (Å²) in [7, 11) is 0. The van der Waals surface area contributed by atoms with Gasteiger partial charge in [0.05, 0.1) is 5.69 Å².